The molecule has 3 nitrogen and oxygen atoms in total. The molecule has 1 aromatic carbocycles. The first kappa shape index (κ1) is 10.7. The summed E-state index contributed by atoms with van der Waals surface area (Å²) in [7, 11) is 1.60. The summed E-state index contributed by atoms with van der Waals surface area (Å²) >= 11 is 6.20. The van der Waals surface area contributed by atoms with Crippen molar-refractivity contribution >= 4 is 11.6 Å². The molecule has 1 aromatic rings. The standard InChI is InChI=1S/C11H14ClNO2/c1-6-4-9-10(7(2)11(6)12)8(5-15-9)13-14-3/h4,8,13H,5H2,1-3H3. The topological polar surface area (TPSA) is 30.5 Å². The highest BCUT2D eigenvalue weighted by atomic mass is 35.5. The van der Waals surface area contributed by atoms with Gasteiger partial charge in [-0.25, -0.2) is 0 Å². The van der Waals surface area contributed by atoms with E-state index >= 15 is 0 Å². The van der Waals surface area contributed by atoms with Gasteiger partial charge < -0.3 is 9.57 Å². The third kappa shape index (κ3) is 1.71. The molecule has 1 aliphatic heterocycles. The molecular formula is C11H14ClNO2. The monoisotopic (exact) mass is 227 g/mol. The molecule has 1 N–H and O–H groups in total. The average molecular weight is 228 g/mol. The lowest BCUT2D eigenvalue weighted by Crippen LogP contribution is -2.21. The number of hydroxylamine groups is 1. The van der Waals surface area contributed by atoms with Crippen LogP contribution < -0.4 is 10.2 Å². The summed E-state index contributed by atoms with van der Waals surface area (Å²) < 4.78 is 5.58. The quantitative estimate of drug-likeness (QED) is 0.788. The molecule has 0 radical (unpaired) electrons. The lowest BCUT2D eigenvalue weighted by Gasteiger charge is -2.13. The van der Waals surface area contributed by atoms with Gasteiger partial charge in [0.2, 0.25) is 0 Å². The number of nitrogens with one attached hydrogen (secondary N) is 1. The highest BCUT2D eigenvalue weighted by Gasteiger charge is 2.27. The number of halogens is 1. The Labute approximate surface area is 94.3 Å². The van der Waals surface area contributed by atoms with Crippen molar-refractivity contribution in [3.05, 3.63) is 27.8 Å². The van der Waals surface area contributed by atoms with Crippen LogP contribution in [-0.4, -0.2) is 13.7 Å². The molecule has 1 unspecified atom stereocenters. The van der Waals surface area contributed by atoms with Crippen LogP contribution in [0.4, 0.5) is 0 Å². The van der Waals surface area contributed by atoms with E-state index in [2.05, 4.69) is 5.48 Å². The number of hydrogen-bond donors (Lipinski definition) is 1. The second-order valence-corrected chi connectivity index (χ2v) is 4.11. The van der Waals surface area contributed by atoms with Crippen LogP contribution in [0.3, 0.4) is 0 Å². The van der Waals surface area contributed by atoms with Crippen molar-refractivity contribution in [2.24, 2.45) is 0 Å². The summed E-state index contributed by atoms with van der Waals surface area (Å²) in [6.45, 7) is 4.58. The van der Waals surface area contributed by atoms with Gasteiger partial charge in [-0.05, 0) is 31.0 Å². The van der Waals surface area contributed by atoms with Crippen molar-refractivity contribution in [2.45, 2.75) is 19.9 Å². The van der Waals surface area contributed by atoms with Crippen LogP contribution in [0, 0.1) is 13.8 Å². The summed E-state index contributed by atoms with van der Waals surface area (Å²) in [5, 5.41) is 0.808. The normalized spacial score (nSPS) is 18.8. The van der Waals surface area contributed by atoms with Crippen LogP contribution in [0.5, 0.6) is 5.75 Å². The van der Waals surface area contributed by atoms with Crippen LogP contribution in [-0.2, 0) is 4.84 Å². The molecule has 0 aromatic heterocycles. The Morgan fingerprint density at radius 3 is 2.93 bits per heavy atom. The largest absolute Gasteiger partial charge is 0.491 e. The van der Waals surface area contributed by atoms with Gasteiger partial charge in [-0.15, -0.1) is 0 Å². The molecule has 82 valence electrons. The summed E-state index contributed by atoms with van der Waals surface area (Å²) in [6.07, 6.45) is 0. The third-order valence-corrected chi connectivity index (χ3v) is 3.29. The van der Waals surface area contributed by atoms with Crippen molar-refractivity contribution in [1.82, 2.24) is 5.48 Å². The minimum absolute atomic E-state index is 0.0723. The molecule has 0 fully saturated rings. The van der Waals surface area contributed by atoms with Crippen molar-refractivity contribution in [2.75, 3.05) is 13.7 Å². The summed E-state index contributed by atoms with van der Waals surface area (Å²) in [5.41, 5.74) is 6.12. The van der Waals surface area contributed by atoms with Crippen LogP contribution in [0.1, 0.15) is 22.7 Å². The van der Waals surface area contributed by atoms with Crippen LogP contribution >= 0.6 is 11.6 Å². The predicted molar refractivity (Wildman–Crippen MR) is 59.3 cm³/mol. The van der Waals surface area contributed by atoms with Crippen LogP contribution in [0.15, 0.2) is 6.07 Å². The molecule has 4 heteroatoms. The molecule has 0 aliphatic carbocycles. The Morgan fingerprint density at radius 1 is 1.53 bits per heavy atom. The van der Waals surface area contributed by atoms with Crippen molar-refractivity contribution in [3.63, 3.8) is 0 Å². The van der Waals surface area contributed by atoms with Gasteiger partial charge in [-0.1, -0.05) is 11.6 Å². The van der Waals surface area contributed by atoms with E-state index in [1.165, 1.54) is 0 Å². The van der Waals surface area contributed by atoms with E-state index in [0.717, 1.165) is 27.5 Å². The number of hydrogen-bond acceptors (Lipinski definition) is 3. The van der Waals surface area contributed by atoms with Gasteiger partial charge >= 0.3 is 0 Å². The van der Waals surface area contributed by atoms with Gasteiger partial charge in [0.05, 0.1) is 13.2 Å². The molecular weight excluding hydrogens is 214 g/mol. The first-order valence-electron chi connectivity index (χ1n) is 4.86. The molecule has 0 saturated heterocycles. The Kier molecular flexibility index (Phi) is 2.87. The fourth-order valence-electron chi connectivity index (χ4n) is 1.98. The summed E-state index contributed by atoms with van der Waals surface area (Å²) in [5.74, 6) is 0.906. The highest BCUT2D eigenvalue weighted by molar-refractivity contribution is 6.32. The maximum atomic E-state index is 6.20. The SMILES string of the molecule is CONC1COc2cc(C)c(Cl)c(C)c21. The molecule has 0 saturated carbocycles. The molecule has 0 amide bonds. The predicted octanol–water partition coefficient (Wildman–Crippen LogP) is 2.54. The zero-order valence-electron chi connectivity index (χ0n) is 9.06. The van der Waals surface area contributed by atoms with Gasteiger partial charge in [0.1, 0.15) is 12.4 Å². The third-order valence-electron chi connectivity index (χ3n) is 2.71. The van der Waals surface area contributed by atoms with E-state index in [9.17, 15) is 0 Å². The van der Waals surface area contributed by atoms with E-state index in [1.807, 2.05) is 19.9 Å². The Hall–Kier alpha value is -0.770. The minimum Gasteiger partial charge on any atom is -0.491 e. The average Bonchev–Trinajstić information content (AvgIpc) is 2.59. The van der Waals surface area contributed by atoms with Crippen molar-refractivity contribution < 1.29 is 9.57 Å². The number of benzene rings is 1. The highest BCUT2D eigenvalue weighted by Crippen LogP contribution is 2.39. The van der Waals surface area contributed by atoms with Crippen molar-refractivity contribution in [3.8, 4) is 5.75 Å². The van der Waals surface area contributed by atoms with Gasteiger partial charge in [-0.3, -0.25) is 0 Å². The minimum atomic E-state index is 0.0723. The fourth-order valence-corrected chi connectivity index (χ4v) is 2.14. The first-order valence-corrected chi connectivity index (χ1v) is 5.24. The van der Waals surface area contributed by atoms with Crippen LogP contribution in [0.25, 0.3) is 0 Å². The van der Waals surface area contributed by atoms with E-state index in [1.54, 1.807) is 7.11 Å². The Morgan fingerprint density at radius 2 is 2.27 bits per heavy atom. The molecule has 1 atom stereocenters. The molecule has 1 aliphatic rings. The van der Waals surface area contributed by atoms with Gasteiger partial charge in [0.15, 0.2) is 0 Å². The fraction of sp³-hybridized carbons (Fsp3) is 0.455. The van der Waals surface area contributed by atoms with Crippen LogP contribution in [0.2, 0.25) is 5.02 Å². The Bertz CT molecular complexity index is 393. The smallest absolute Gasteiger partial charge is 0.125 e. The van der Waals surface area contributed by atoms with Crippen molar-refractivity contribution in [1.29, 1.82) is 0 Å². The molecule has 0 spiro atoms. The zero-order chi connectivity index (χ0) is 11.0. The Balaban J connectivity index is 2.48. The number of aryl methyl sites for hydroxylation is 1. The van der Waals surface area contributed by atoms with Gasteiger partial charge in [-0.2, -0.15) is 5.48 Å². The zero-order valence-corrected chi connectivity index (χ0v) is 9.81. The second kappa shape index (κ2) is 4.00. The maximum Gasteiger partial charge on any atom is 0.125 e. The van der Waals surface area contributed by atoms with E-state index in [0.29, 0.717) is 6.61 Å². The second-order valence-electron chi connectivity index (χ2n) is 3.73. The lowest BCUT2D eigenvalue weighted by atomic mass is 10.0. The molecule has 0 bridgehead atoms. The van der Waals surface area contributed by atoms with E-state index in [4.69, 9.17) is 21.2 Å². The summed E-state index contributed by atoms with van der Waals surface area (Å²) in [4.78, 5) is 4.93. The number of rotatable bonds is 2. The van der Waals surface area contributed by atoms with E-state index < -0.39 is 0 Å². The van der Waals surface area contributed by atoms with Gasteiger partial charge in [0.25, 0.3) is 0 Å². The van der Waals surface area contributed by atoms with E-state index in [-0.39, 0.29) is 6.04 Å². The number of ether oxygens (including phenoxy) is 1. The lowest BCUT2D eigenvalue weighted by molar-refractivity contribution is 0.0534. The van der Waals surface area contributed by atoms with Gasteiger partial charge in [0, 0.05) is 10.6 Å². The number of fused-ring (bicyclic) bond motifs is 1. The molecule has 15 heavy (non-hydrogen) atoms. The first-order chi connectivity index (χ1) is 7.15. The maximum absolute atomic E-state index is 6.20. The molecule has 2 rings (SSSR count). The molecule has 1 heterocycles. The summed E-state index contributed by atoms with van der Waals surface area (Å²) in [6, 6.07) is 2.05.